The van der Waals surface area contributed by atoms with Crippen LogP contribution in [-0.2, 0) is 9.47 Å². The Bertz CT molecular complexity index is 680. The van der Waals surface area contributed by atoms with E-state index in [9.17, 15) is 14.7 Å². The summed E-state index contributed by atoms with van der Waals surface area (Å²) < 4.78 is 13.0. The molecule has 3 rings (SSSR count). The number of nitrogens with zero attached hydrogens (tertiary/aromatic N) is 1. The number of aliphatic hydroxyl groups excluding tert-OH is 1. The number of H-pyrrole nitrogens is 1. The smallest absolute Gasteiger partial charge is 0.328 e. The van der Waals surface area contributed by atoms with Crippen molar-refractivity contribution in [2.24, 2.45) is 5.92 Å². The van der Waals surface area contributed by atoms with Crippen molar-refractivity contribution < 1.29 is 14.6 Å². The largest absolute Gasteiger partial charge is 0.390 e. The van der Waals surface area contributed by atoms with E-state index in [0.717, 1.165) is 32.1 Å². The predicted octanol–water partition coefficient (Wildman–Crippen LogP) is 1.09. The topological polar surface area (TPSA) is 93.5 Å². The van der Waals surface area contributed by atoms with Crippen LogP contribution in [0.2, 0.25) is 0 Å². The Morgan fingerprint density at radius 3 is 2.67 bits per heavy atom. The van der Waals surface area contributed by atoms with Crippen molar-refractivity contribution in [3.8, 4) is 0 Å². The summed E-state index contributed by atoms with van der Waals surface area (Å²) in [7, 11) is 1.59. The maximum absolute atomic E-state index is 12.4. The molecule has 2 N–H and O–H groups in total. The third-order valence-electron chi connectivity index (χ3n) is 5.28. The second-order valence-electron chi connectivity index (χ2n) is 6.90. The molecule has 2 aliphatic rings. The number of fused-ring (bicyclic) bond motifs is 2. The standard InChI is InChI=1S/C17H26N2O5/c1-10-9-19(17(22)18-15(10)21)13-11-7-5-3-4-6-8-12(20)14(13)24-16(11)23-2/h9,11-14,16,20H,3-8H2,1-2H3,(H,18,21,22)/t11-,12-,13-,14+,16-/m0/s1. The van der Waals surface area contributed by atoms with Crippen LogP contribution in [0.5, 0.6) is 0 Å². The number of aliphatic hydroxyl groups is 1. The van der Waals surface area contributed by atoms with Gasteiger partial charge < -0.3 is 14.6 Å². The van der Waals surface area contributed by atoms with Gasteiger partial charge in [-0.3, -0.25) is 14.3 Å². The van der Waals surface area contributed by atoms with E-state index in [1.54, 1.807) is 20.2 Å². The summed E-state index contributed by atoms with van der Waals surface area (Å²) in [5.41, 5.74) is -0.377. The molecule has 0 aromatic carbocycles. The number of aromatic amines is 1. The molecule has 1 aromatic rings. The van der Waals surface area contributed by atoms with E-state index in [2.05, 4.69) is 4.98 Å². The zero-order valence-corrected chi connectivity index (χ0v) is 14.2. The number of methoxy groups -OCH3 is 1. The summed E-state index contributed by atoms with van der Waals surface area (Å²) in [6.07, 6.45) is 5.61. The van der Waals surface area contributed by atoms with E-state index in [1.807, 2.05) is 0 Å². The van der Waals surface area contributed by atoms with Gasteiger partial charge in [0, 0.05) is 24.8 Å². The molecular formula is C17H26N2O5. The number of nitrogens with one attached hydrogen (secondary N) is 1. The van der Waals surface area contributed by atoms with Gasteiger partial charge in [0.1, 0.15) is 6.10 Å². The molecule has 7 heteroatoms. The summed E-state index contributed by atoms with van der Waals surface area (Å²) >= 11 is 0. The Morgan fingerprint density at radius 2 is 1.96 bits per heavy atom. The van der Waals surface area contributed by atoms with Crippen molar-refractivity contribution in [3.05, 3.63) is 32.6 Å². The van der Waals surface area contributed by atoms with E-state index < -0.39 is 24.2 Å². The van der Waals surface area contributed by atoms with Crippen LogP contribution in [-0.4, -0.2) is 40.3 Å². The molecule has 0 radical (unpaired) electrons. The minimum atomic E-state index is -0.658. The second-order valence-corrected chi connectivity index (χ2v) is 6.90. The first-order valence-corrected chi connectivity index (χ1v) is 8.71. The molecule has 2 heterocycles. The van der Waals surface area contributed by atoms with Crippen LogP contribution in [0.3, 0.4) is 0 Å². The Hall–Kier alpha value is -1.44. The Kier molecular flexibility index (Phi) is 5.22. The van der Waals surface area contributed by atoms with Gasteiger partial charge >= 0.3 is 5.69 Å². The lowest BCUT2D eigenvalue weighted by atomic mass is 9.87. The average Bonchev–Trinajstić information content (AvgIpc) is 2.91. The van der Waals surface area contributed by atoms with Gasteiger partial charge in [-0.25, -0.2) is 4.79 Å². The molecule has 1 aliphatic carbocycles. The van der Waals surface area contributed by atoms with Crippen LogP contribution >= 0.6 is 0 Å². The van der Waals surface area contributed by atoms with E-state index in [1.165, 1.54) is 4.57 Å². The molecule has 0 amide bonds. The SMILES string of the molecule is CO[C@H]1O[C@H]2[C@@H](n3cc(C)c(=O)[nH]c3=O)[C@@H]1CCCCCC[C@@H]2O. The summed E-state index contributed by atoms with van der Waals surface area (Å²) in [4.78, 5) is 26.4. The Morgan fingerprint density at radius 1 is 1.25 bits per heavy atom. The summed E-state index contributed by atoms with van der Waals surface area (Å²) in [6, 6.07) is -0.342. The van der Waals surface area contributed by atoms with Gasteiger partial charge in [0.2, 0.25) is 0 Å². The normalized spacial score (nSPS) is 34.2. The number of rotatable bonds is 2. The molecule has 2 fully saturated rings. The van der Waals surface area contributed by atoms with Crippen LogP contribution in [0.4, 0.5) is 0 Å². The number of hydrogen-bond donors (Lipinski definition) is 2. The van der Waals surface area contributed by atoms with Crippen LogP contribution in [0.15, 0.2) is 15.8 Å². The molecule has 24 heavy (non-hydrogen) atoms. The first-order chi connectivity index (χ1) is 11.5. The molecule has 1 aromatic heterocycles. The molecule has 7 nitrogen and oxygen atoms in total. The lowest BCUT2D eigenvalue weighted by Crippen LogP contribution is -2.42. The molecule has 2 bridgehead atoms. The number of hydrogen-bond acceptors (Lipinski definition) is 5. The van der Waals surface area contributed by atoms with Gasteiger partial charge in [-0.1, -0.05) is 25.7 Å². The third-order valence-corrected chi connectivity index (χ3v) is 5.28. The minimum Gasteiger partial charge on any atom is -0.390 e. The molecule has 0 unspecified atom stereocenters. The van der Waals surface area contributed by atoms with E-state index in [-0.39, 0.29) is 17.5 Å². The lowest BCUT2D eigenvalue weighted by Gasteiger charge is -2.29. The maximum atomic E-state index is 12.4. The van der Waals surface area contributed by atoms with Gasteiger partial charge in [0.15, 0.2) is 6.29 Å². The summed E-state index contributed by atoms with van der Waals surface area (Å²) in [6.45, 7) is 1.67. The quantitative estimate of drug-likeness (QED) is 0.842. The highest BCUT2D eigenvalue weighted by atomic mass is 16.7. The maximum Gasteiger partial charge on any atom is 0.328 e. The van der Waals surface area contributed by atoms with Crippen molar-refractivity contribution in [2.75, 3.05) is 7.11 Å². The Balaban J connectivity index is 2.06. The number of ether oxygens (including phenoxy) is 2. The van der Waals surface area contributed by atoms with Crippen molar-refractivity contribution in [1.29, 1.82) is 0 Å². The predicted molar refractivity (Wildman–Crippen MR) is 88.0 cm³/mol. The van der Waals surface area contributed by atoms with Crippen LogP contribution < -0.4 is 11.2 Å². The summed E-state index contributed by atoms with van der Waals surface area (Å²) in [5, 5.41) is 10.6. The zero-order chi connectivity index (χ0) is 17.3. The number of aromatic nitrogens is 2. The Labute approximate surface area is 140 Å². The molecule has 1 aliphatic heterocycles. The zero-order valence-electron chi connectivity index (χ0n) is 14.2. The average molecular weight is 338 g/mol. The van der Waals surface area contributed by atoms with E-state index in [4.69, 9.17) is 9.47 Å². The molecule has 1 saturated heterocycles. The second kappa shape index (κ2) is 7.21. The van der Waals surface area contributed by atoms with Crippen molar-refractivity contribution in [2.45, 2.75) is 70.0 Å². The first kappa shape index (κ1) is 17.4. The van der Waals surface area contributed by atoms with Gasteiger partial charge in [-0.15, -0.1) is 0 Å². The monoisotopic (exact) mass is 338 g/mol. The lowest BCUT2D eigenvalue weighted by molar-refractivity contribution is -0.152. The van der Waals surface area contributed by atoms with E-state index in [0.29, 0.717) is 12.0 Å². The highest BCUT2D eigenvalue weighted by molar-refractivity contribution is 5.05. The fourth-order valence-corrected chi connectivity index (χ4v) is 4.02. The molecular weight excluding hydrogens is 312 g/mol. The van der Waals surface area contributed by atoms with Gasteiger partial charge in [-0.05, 0) is 19.8 Å². The molecule has 1 saturated carbocycles. The molecule has 0 spiro atoms. The van der Waals surface area contributed by atoms with Gasteiger partial charge in [-0.2, -0.15) is 0 Å². The first-order valence-electron chi connectivity index (χ1n) is 8.71. The van der Waals surface area contributed by atoms with E-state index >= 15 is 0 Å². The van der Waals surface area contributed by atoms with Crippen LogP contribution in [0.25, 0.3) is 0 Å². The highest BCUT2D eigenvalue weighted by Gasteiger charge is 2.48. The minimum absolute atomic E-state index is 0.0317. The van der Waals surface area contributed by atoms with Crippen molar-refractivity contribution in [3.63, 3.8) is 0 Å². The van der Waals surface area contributed by atoms with Crippen molar-refractivity contribution >= 4 is 0 Å². The molecule has 5 atom stereocenters. The fourth-order valence-electron chi connectivity index (χ4n) is 4.02. The third kappa shape index (κ3) is 3.20. The summed E-state index contributed by atoms with van der Waals surface area (Å²) in [5.74, 6) is -0.0317. The van der Waals surface area contributed by atoms with Gasteiger partial charge in [0.05, 0.1) is 12.1 Å². The van der Waals surface area contributed by atoms with Crippen molar-refractivity contribution in [1.82, 2.24) is 9.55 Å². The van der Waals surface area contributed by atoms with Gasteiger partial charge in [0.25, 0.3) is 5.56 Å². The number of aryl methyl sites for hydroxylation is 1. The van der Waals surface area contributed by atoms with Crippen LogP contribution in [0.1, 0.15) is 50.1 Å². The highest BCUT2D eigenvalue weighted by Crippen LogP contribution is 2.42. The fraction of sp³-hybridized carbons (Fsp3) is 0.765. The molecule has 134 valence electrons. The van der Waals surface area contributed by atoms with Crippen LogP contribution in [0, 0.1) is 12.8 Å².